The van der Waals surface area contributed by atoms with Crippen LogP contribution in [-0.2, 0) is 10.1 Å². The molecule has 0 radical (unpaired) electrons. The van der Waals surface area contributed by atoms with Crippen molar-refractivity contribution in [1.29, 1.82) is 0 Å². The molecule has 0 aromatic rings. The van der Waals surface area contributed by atoms with Crippen molar-refractivity contribution >= 4 is 10.1 Å². The molecule has 5 heteroatoms. The number of hydrogen-bond acceptors (Lipinski definition) is 3. The zero-order valence-electron chi connectivity index (χ0n) is 8.75. The molecule has 13 heavy (non-hydrogen) atoms. The third-order valence-corrected chi connectivity index (χ3v) is 3.18. The minimum absolute atomic E-state index is 0. The summed E-state index contributed by atoms with van der Waals surface area (Å²) in [4.78, 5) is 0. The zero-order valence-corrected chi connectivity index (χ0v) is 11.6. The first-order valence-corrected chi connectivity index (χ1v) is 5.90. The Bertz CT molecular complexity index is 201. The standard InChI is InChI=1S/C8H18O3S.Na/c1-3-4-5-6-7-8(2)12(9,10)11;/h8H,3-7H2,1-2H3,(H,9,10,11);/q;+1/p-1/t8-;/m1./s1. The van der Waals surface area contributed by atoms with Gasteiger partial charge < -0.3 is 4.55 Å². The molecule has 0 aliphatic heterocycles. The Morgan fingerprint density at radius 2 is 1.77 bits per heavy atom. The molecule has 0 rings (SSSR count). The van der Waals surface area contributed by atoms with E-state index in [-0.39, 0.29) is 29.6 Å². The van der Waals surface area contributed by atoms with Crippen LogP contribution in [0, 0.1) is 0 Å². The van der Waals surface area contributed by atoms with Crippen LogP contribution in [0.2, 0.25) is 0 Å². The van der Waals surface area contributed by atoms with Gasteiger partial charge in [0, 0.05) is 5.25 Å². The van der Waals surface area contributed by atoms with E-state index in [1.54, 1.807) is 0 Å². The van der Waals surface area contributed by atoms with Crippen molar-refractivity contribution in [3.8, 4) is 0 Å². The molecule has 0 saturated carbocycles. The van der Waals surface area contributed by atoms with Crippen molar-refractivity contribution in [2.75, 3.05) is 0 Å². The van der Waals surface area contributed by atoms with Crippen LogP contribution in [0.25, 0.3) is 0 Å². The summed E-state index contributed by atoms with van der Waals surface area (Å²) in [7, 11) is -4.04. The fourth-order valence-corrected chi connectivity index (χ4v) is 1.46. The fourth-order valence-electron chi connectivity index (χ4n) is 1.00. The predicted octanol–water partition coefficient (Wildman–Crippen LogP) is -1.11. The molecule has 0 aliphatic rings. The third kappa shape index (κ3) is 9.22. The molecule has 0 aliphatic carbocycles. The molecule has 74 valence electrons. The molecule has 3 nitrogen and oxygen atoms in total. The van der Waals surface area contributed by atoms with E-state index >= 15 is 0 Å². The average molecular weight is 216 g/mol. The van der Waals surface area contributed by atoms with Crippen LogP contribution in [-0.4, -0.2) is 18.2 Å². The molecule has 1 atom stereocenters. The Kier molecular flexibility index (Phi) is 10.4. The molecule has 0 saturated heterocycles. The van der Waals surface area contributed by atoms with E-state index in [0.29, 0.717) is 6.42 Å². The molecule has 0 aromatic carbocycles. The van der Waals surface area contributed by atoms with E-state index in [4.69, 9.17) is 0 Å². The first kappa shape index (κ1) is 16.3. The van der Waals surface area contributed by atoms with Crippen molar-refractivity contribution in [1.82, 2.24) is 0 Å². The van der Waals surface area contributed by atoms with Crippen molar-refractivity contribution in [3.63, 3.8) is 0 Å². The summed E-state index contributed by atoms with van der Waals surface area (Å²) in [5.41, 5.74) is 0. The van der Waals surface area contributed by atoms with Crippen molar-refractivity contribution in [2.45, 2.75) is 51.2 Å². The maximum Gasteiger partial charge on any atom is 1.00 e. The normalized spacial score (nSPS) is 13.5. The van der Waals surface area contributed by atoms with Gasteiger partial charge in [0.15, 0.2) is 0 Å². The Labute approximate surface area is 103 Å². The quantitative estimate of drug-likeness (QED) is 0.321. The molecular formula is C8H17NaO3S. The summed E-state index contributed by atoms with van der Waals surface area (Å²) in [6.07, 6.45) is 4.61. The monoisotopic (exact) mass is 216 g/mol. The van der Waals surface area contributed by atoms with E-state index in [2.05, 4.69) is 6.92 Å². The van der Waals surface area contributed by atoms with Crippen LogP contribution >= 0.6 is 0 Å². The number of hydrogen-bond donors (Lipinski definition) is 0. The van der Waals surface area contributed by atoms with Crippen molar-refractivity contribution in [3.05, 3.63) is 0 Å². The average Bonchev–Trinajstić information content (AvgIpc) is 1.96. The van der Waals surface area contributed by atoms with Gasteiger partial charge in [-0.05, 0) is 13.3 Å². The maximum absolute atomic E-state index is 10.4. The van der Waals surface area contributed by atoms with Gasteiger partial charge in [-0.25, -0.2) is 8.42 Å². The van der Waals surface area contributed by atoms with Crippen LogP contribution < -0.4 is 29.6 Å². The van der Waals surface area contributed by atoms with E-state index in [0.717, 1.165) is 25.7 Å². The summed E-state index contributed by atoms with van der Waals surface area (Å²) in [6, 6.07) is 0. The van der Waals surface area contributed by atoms with Crippen LogP contribution in [0.5, 0.6) is 0 Å². The summed E-state index contributed by atoms with van der Waals surface area (Å²) in [5.74, 6) is 0. The van der Waals surface area contributed by atoms with Gasteiger partial charge >= 0.3 is 29.6 Å². The third-order valence-electron chi connectivity index (χ3n) is 1.96. The van der Waals surface area contributed by atoms with Crippen molar-refractivity contribution in [2.24, 2.45) is 0 Å². The Morgan fingerprint density at radius 1 is 1.23 bits per heavy atom. The molecule has 0 fully saturated rings. The van der Waals surface area contributed by atoms with Gasteiger partial charge in [-0.15, -0.1) is 0 Å². The van der Waals surface area contributed by atoms with Crippen LogP contribution in [0.15, 0.2) is 0 Å². The Hall–Kier alpha value is 0.910. The Balaban J connectivity index is 0. The van der Waals surface area contributed by atoms with Crippen LogP contribution in [0.4, 0.5) is 0 Å². The molecule has 0 N–H and O–H groups in total. The van der Waals surface area contributed by atoms with Gasteiger partial charge in [-0.1, -0.05) is 32.6 Å². The van der Waals surface area contributed by atoms with Crippen molar-refractivity contribution < 1.29 is 42.5 Å². The van der Waals surface area contributed by atoms with Gasteiger partial charge in [0.1, 0.15) is 0 Å². The summed E-state index contributed by atoms with van der Waals surface area (Å²) >= 11 is 0. The van der Waals surface area contributed by atoms with E-state index in [1.807, 2.05) is 0 Å². The number of rotatable bonds is 6. The minimum atomic E-state index is -4.04. The first-order valence-electron chi connectivity index (χ1n) is 4.43. The molecule has 0 aromatic heterocycles. The fraction of sp³-hybridized carbons (Fsp3) is 1.00. The predicted molar refractivity (Wildman–Crippen MR) is 47.9 cm³/mol. The van der Waals surface area contributed by atoms with Gasteiger partial charge in [0.05, 0.1) is 10.1 Å². The summed E-state index contributed by atoms with van der Waals surface area (Å²) in [6.45, 7) is 3.57. The molecule has 0 spiro atoms. The SMILES string of the molecule is CCCCCC[C@@H](C)S(=O)(=O)[O-].[Na+]. The molecular weight excluding hydrogens is 199 g/mol. The summed E-state index contributed by atoms with van der Waals surface area (Å²) in [5, 5.41) is -0.714. The first-order chi connectivity index (χ1) is 5.48. The number of unbranched alkanes of at least 4 members (excludes halogenated alkanes) is 3. The smallest absolute Gasteiger partial charge is 0.748 e. The maximum atomic E-state index is 10.4. The van der Waals surface area contributed by atoms with Crippen LogP contribution in [0.1, 0.15) is 46.0 Å². The van der Waals surface area contributed by atoms with Gasteiger partial charge in [-0.2, -0.15) is 0 Å². The Morgan fingerprint density at radius 3 is 2.15 bits per heavy atom. The largest absolute Gasteiger partial charge is 1.00 e. The van der Waals surface area contributed by atoms with Gasteiger partial charge in [-0.3, -0.25) is 0 Å². The summed E-state index contributed by atoms with van der Waals surface area (Å²) < 4.78 is 31.3. The topological polar surface area (TPSA) is 57.2 Å². The second-order valence-corrected chi connectivity index (χ2v) is 4.94. The molecule has 0 bridgehead atoms. The van der Waals surface area contributed by atoms with E-state index in [1.165, 1.54) is 6.92 Å². The second-order valence-electron chi connectivity index (χ2n) is 3.15. The van der Waals surface area contributed by atoms with E-state index in [9.17, 15) is 13.0 Å². The van der Waals surface area contributed by atoms with Gasteiger partial charge in [0.2, 0.25) is 0 Å². The van der Waals surface area contributed by atoms with Gasteiger partial charge in [0.25, 0.3) is 0 Å². The van der Waals surface area contributed by atoms with E-state index < -0.39 is 15.4 Å². The molecule has 0 amide bonds. The molecule has 0 heterocycles. The zero-order chi connectivity index (χ0) is 9.61. The minimum Gasteiger partial charge on any atom is -0.748 e. The van der Waals surface area contributed by atoms with Crippen LogP contribution in [0.3, 0.4) is 0 Å². The second kappa shape index (κ2) is 8.24. The molecule has 0 unspecified atom stereocenters.